The largest absolute Gasteiger partial charge is 0.469 e. The van der Waals surface area contributed by atoms with Crippen molar-refractivity contribution in [3.8, 4) is 0 Å². The van der Waals surface area contributed by atoms with Gasteiger partial charge < -0.3 is 15.8 Å². The number of aromatic nitrogens is 2. The van der Waals surface area contributed by atoms with Gasteiger partial charge in [0.25, 0.3) is 0 Å². The third-order valence-corrected chi connectivity index (χ3v) is 4.25. The van der Waals surface area contributed by atoms with Gasteiger partial charge in [-0.1, -0.05) is 44.0 Å². The zero-order valence-corrected chi connectivity index (χ0v) is 15.8. The Labute approximate surface area is 155 Å². The molecule has 1 aromatic carbocycles. The zero-order valence-electron chi connectivity index (χ0n) is 15.8. The summed E-state index contributed by atoms with van der Waals surface area (Å²) >= 11 is 0. The molecule has 0 atom stereocenters. The van der Waals surface area contributed by atoms with Crippen LogP contribution in [0.5, 0.6) is 0 Å². The van der Waals surface area contributed by atoms with Gasteiger partial charge in [-0.15, -0.1) is 0 Å². The molecule has 0 saturated heterocycles. The van der Waals surface area contributed by atoms with Gasteiger partial charge in [0.15, 0.2) is 0 Å². The molecule has 0 bridgehead atoms. The van der Waals surface area contributed by atoms with Gasteiger partial charge in [0.05, 0.1) is 13.5 Å². The van der Waals surface area contributed by atoms with Crippen molar-refractivity contribution in [3.63, 3.8) is 0 Å². The Morgan fingerprint density at radius 3 is 2.73 bits per heavy atom. The molecule has 0 aliphatic rings. The first-order chi connectivity index (χ1) is 12.5. The Bertz CT molecular complexity index is 747. The van der Waals surface area contributed by atoms with Crippen LogP contribution in [0.4, 0.5) is 11.8 Å². The average molecular weight is 356 g/mol. The first-order valence-corrected chi connectivity index (χ1v) is 9.05. The van der Waals surface area contributed by atoms with E-state index in [0.29, 0.717) is 6.42 Å². The molecule has 0 saturated carbocycles. The van der Waals surface area contributed by atoms with Gasteiger partial charge in [-0.25, -0.2) is 4.98 Å². The minimum Gasteiger partial charge on any atom is -0.469 e. The van der Waals surface area contributed by atoms with Crippen LogP contribution < -0.4 is 11.1 Å². The molecule has 140 valence electrons. The summed E-state index contributed by atoms with van der Waals surface area (Å²) in [6, 6.07) is 7.94. The van der Waals surface area contributed by atoms with E-state index in [1.165, 1.54) is 20.0 Å². The Kier molecular flexibility index (Phi) is 7.38. The molecule has 0 aliphatic carbocycles. The summed E-state index contributed by atoms with van der Waals surface area (Å²) < 4.78 is 4.74. The van der Waals surface area contributed by atoms with E-state index in [9.17, 15) is 4.79 Å². The summed E-state index contributed by atoms with van der Waals surface area (Å²) in [5.41, 5.74) is 9.76. The molecule has 3 N–H and O–H groups in total. The SMILES string of the molecule is CCCCCNc1nc(N)nc(C)c1Cc1cccc(CC(=O)OC)c1. The Morgan fingerprint density at radius 1 is 1.23 bits per heavy atom. The van der Waals surface area contributed by atoms with Crippen molar-refractivity contribution in [1.82, 2.24) is 9.97 Å². The van der Waals surface area contributed by atoms with E-state index in [0.717, 1.165) is 41.2 Å². The number of anilines is 2. The Hall–Kier alpha value is -2.63. The normalized spacial score (nSPS) is 10.6. The van der Waals surface area contributed by atoms with Crippen molar-refractivity contribution >= 4 is 17.7 Å². The van der Waals surface area contributed by atoms with Gasteiger partial charge in [0.1, 0.15) is 5.82 Å². The van der Waals surface area contributed by atoms with Crippen LogP contribution in [0.2, 0.25) is 0 Å². The number of methoxy groups -OCH3 is 1. The number of hydrogen-bond acceptors (Lipinski definition) is 6. The molecule has 0 unspecified atom stereocenters. The number of esters is 1. The van der Waals surface area contributed by atoms with E-state index in [1.807, 2.05) is 31.2 Å². The van der Waals surface area contributed by atoms with Crippen molar-refractivity contribution in [2.45, 2.75) is 46.0 Å². The molecule has 2 rings (SSSR count). The standard InChI is InChI=1S/C20H28N4O2/c1-4-5-6-10-22-19-17(14(2)23-20(21)24-19)12-15-8-7-9-16(11-15)13-18(25)26-3/h7-9,11H,4-6,10,12-13H2,1-3H3,(H3,21,22,23,24). The van der Waals surface area contributed by atoms with Crippen molar-refractivity contribution in [2.75, 3.05) is 24.7 Å². The number of carbonyl (C=O) groups excluding carboxylic acids is 1. The van der Waals surface area contributed by atoms with Crippen molar-refractivity contribution in [2.24, 2.45) is 0 Å². The first-order valence-electron chi connectivity index (χ1n) is 9.05. The van der Waals surface area contributed by atoms with Crippen molar-refractivity contribution in [3.05, 3.63) is 46.6 Å². The fourth-order valence-electron chi connectivity index (χ4n) is 2.85. The molecular weight excluding hydrogens is 328 g/mol. The average Bonchev–Trinajstić information content (AvgIpc) is 2.61. The monoisotopic (exact) mass is 356 g/mol. The molecule has 0 radical (unpaired) electrons. The smallest absolute Gasteiger partial charge is 0.309 e. The summed E-state index contributed by atoms with van der Waals surface area (Å²) in [5.74, 6) is 0.834. The summed E-state index contributed by atoms with van der Waals surface area (Å²) in [5, 5.41) is 3.40. The highest BCUT2D eigenvalue weighted by atomic mass is 16.5. The number of nitrogens with two attached hydrogens (primary N) is 1. The van der Waals surface area contributed by atoms with E-state index in [4.69, 9.17) is 10.5 Å². The first kappa shape index (κ1) is 19.7. The van der Waals surface area contributed by atoms with E-state index in [-0.39, 0.29) is 18.3 Å². The molecular formula is C20H28N4O2. The van der Waals surface area contributed by atoms with Gasteiger partial charge >= 0.3 is 5.97 Å². The van der Waals surface area contributed by atoms with Crippen LogP contribution in [0.25, 0.3) is 0 Å². The quantitative estimate of drug-likeness (QED) is 0.529. The second-order valence-corrected chi connectivity index (χ2v) is 6.38. The Balaban J connectivity index is 2.19. The van der Waals surface area contributed by atoms with Gasteiger partial charge in [0, 0.05) is 24.2 Å². The van der Waals surface area contributed by atoms with Crippen LogP contribution in [0.3, 0.4) is 0 Å². The van der Waals surface area contributed by atoms with E-state index >= 15 is 0 Å². The summed E-state index contributed by atoms with van der Waals surface area (Å²) in [6.07, 6.45) is 4.39. The number of benzene rings is 1. The van der Waals surface area contributed by atoms with E-state index < -0.39 is 0 Å². The molecule has 1 heterocycles. The number of carbonyl (C=O) groups is 1. The molecule has 6 nitrogen and oxygen atoms in total. The van der Waals surface area contributed by atoms with Crippen LogP contribution in [-0.4, -0.2) is 29.6 Å². The van der Waals surface area contributed by atoms with Crippen LogP contribution >= 0.6 is 0 Å². The van der Waals surface area contributed by atoms with Gasteiger partial charge in [-0.2, -0.15) is 4.98 Å². The molecule has 0 aliphatic heterocycles. The summed E-state index contributed by atoms with van der Waals surface area (Å²) in [7, 11) is 1.40. The minimum absolute atomic E-state index is 0.243. The lowest BCUT2D eigenvalue weighted by molar-refractivity contribution is -0.139. The highest BCUT2D eigenvalue weighted by Gasteiger charge is 2.12. The highest BCUT2D eigenvalue weighted by molar-refractivity contribution is 5.72. The maximum absolute atomic E-state index is 11.5. The van der Waals surface area contributed by atoms with Crippen molar-refractivity contribution < 1.29 is 9.53 Å². The number of unbranched alkanes of at least 4 members (excludes halogenated alkanes) is 2. The number of nitrogen functional groups attached to an aromatic ring is 1. The number of hydrogen-bond donors (Lipinski definition) is 2. The molecule has 1 aromatic heterocycles. The third kappa shape index (κ3) is 5.72. The molecule has 0 amide bonds. The highest BCUT2D eigenvalue weighted by Crippen LogP contribution is 2.22. The second kappa shape index (κ2) is 9.75. The number of ether oxygens (including phenoxy) is 1. The number of rotatable bonds is 9. The van der Waals surface area contributed by atoms with E-state index in [1.54, 1.807) is 0 Å². The Morgan fingerprint density at radius 2 is 2.00 bits per heavy atom. The van der Waals surface area contributed by atoms with Crippen LogP contribution in [0, 0.1) is 6.92 Å². The van der Waals surface area contributed by atoms with Crippen LogP contribution in [-0.2, 0) is 22.4 Å². The lowest BCUT2D eigenvalue weighted by Gasteiger charge is -2.14. The molecule has 0 fully saturated rings. The zero-order chi connectivity index (χ0) is 18.9. The lowest BCUT2D eigenvalue weighted by Crippen LogP contribution is -2.11. The fraction of sp³-hybridized carbons (Fsp3) is 0.450. The lowest BCUT2D eigenvalue weighted by atomic mass is 10.0. The summed E-state index contributed by atoms with van der Waals surface area (Å²) in [4.78, 5) is 20.2. The predicted molar refractivity (Wildman–Crippen MR) is 104 cm³/mol. The predicted octanol–water partition coefficient (Wildman–Crippen LogP) is 3.28. The second-order valence-electron chi connectivity index (χ2n) is 6.38. The molecule has 2 aromatic rings. The topological polar surface area (TPSA) is 90.1 Å². The fourth-order valence-corrected chi connectivity index (χ4v) is 2.85. The third-order valence-electron chi connectivity index (χ3n) is 4.25. The molecule has 26 heavy (non-hydrogen) atoms. The number of nitrogens with one attached hydrogen (secondary N) is 1. The number of aryl methyl sites for hydroxylation is 1. The van der Waals surface area contributed by atoms with Crippen molar-refractivity contribution in [1.29, 1.82) is 0 Å². The van der Waals surface area contributed by atoms with Crippen LogP contribution in [0.15, 0.2) is 24.3 Å². The maximum atomic E-state index is 11.5. The number of nitrogens with zero attached hydrogens (tertiary/aromatic N) is 2. The molecule has 0 spiro atoms. The summed E-state index contributed by atoms with van der Waals surface area (Å²) in [6.45, 7) is 4.99. The van der Waals surface area contributed by atoms with Gasteiger partial charge in [-0.05, 0) is 24.5 Å². The van der Waals surface area contributed by atoms with Gasteiger partial charge in [0.2, 0.25) is 5.95 Å². The molecule has 6 heteroatoms. The maximum Gasteiger partial charge on any atom is 0.309 e. The van der Waals surface area contributed by atoms with E-state index in [2.05, 4.69) is 22.2 Å². The van der Waals surface area contributed by atoms with Gasteiger partial charge in [-0.3, -0.25) is 4.79 Å². The van der Waals surface area contributed by atoms with Crippen LogP contribution in [0.1, 0.15) is 48.6 Å². The minimum atomic E-state index is -0.243.